The Kier molecular flexibility index (Phi) is 4.20. The minimum Gasteiger partial charge on any atom is -0.497 e. The highest BCUT2D eigenvalue weighted by atomic mass is 32.2. The third kappa shape index (κ3) is 2.74. The van der Waals surface area contributed by atoms with E-state index >= 15 is 0 Å². The molecule has 0 atom stereocenters. The number of imidazole rings is 1. The van der Waals surface area contributed by atoms with Gasteiger partial charge in [-0.1, -0.05) is 29.5 Å². The molecule has 22 heavy (non-hydrogen) atoms. The Bertz CT molecular complexity index is 761. The predicted molar refractivity (Wildman–Crippen MR) is 92.1 cm³/mol. The number of thioether (sulfide) groups is 1. The standard InChI is InChI=1S/C18H18N2OS/c1-13-4-8-15(9-5-13)20-17(12-19-18(20)22-3)14-6-10-16(21-2)11-7-14/h4-12H,1-3H3. The third-order valence-electron chi connectivity index (χ3n) is 3.59. The summed E-state index contributed by atoms with van der Waals surface area (Å²) in [6, 6.07) is 16.6. The average molecular weight is 310 g/mol. The van der Waals surface area contributed by atoms with Crippen molar-refractivity contribution in [2.75, 3.05) is 13.4 Å². The van der Waals surface area contributed by atoms with Crippen LogP contribution in [0.4, 0.5) is 0 Å². The Morgan fingerprint density at radius 1 is 1.00 bits per heavy atom. The van der Waals surface area contributed by atoms with Crippen molar-refractivity contribution in [3.8, 4) is 22.7 Å². The second kappa shape index (κ2) is 6.28. The van der Waals surface area contributed by atoms with Crippen LogP contribution >= 0.6 is 11.8 Å². The van der Waals surface area contributed by atoms with Gasteiger partial charge in [-0.15, -0.1) is 0 Å². The SMILES string of the molecule is COc1ccc(-c2cnc(SC)n2-c2ccc(C)cc2)cc1. The molecule has 0 aliphatic rings. The Morgan fingerprint density at radius 2 is 1.68 bits per heavy atom. The van der Waals surface area contributed by atoms with Crippen molar-refractivity contribution in [3.05, 3.63) is 60.3 Å². The fourth-order valence-corrected chi connectivity index (χ4v) is 2.93. The molecule has 112 valence electrons. The summed E-state index contributed by atoms with van der Waals surface area (Å²) in [7, 11) is 1.68. The monoisotopic (exact) mass is 310 g/mol. The quantitative estimate of drug-likeness (QED) is 0.660. The van der Waals surface area contributed by atoms with Crippen LogP contribution in [0.3, 0.4) is 0 Å². The predicted octanol–water partition coefficient (Wildman–Crippen LogP) is 4.58. The molecule has 4 heteroatoms. The smallest absolute Gasteiger partial charge is 0.172 e. The maximum absolute atomic E-state index is 5.23. The molecular formula is C18H18N2OS. The molecule has 0 saturated carbocycles. The molecule has 2 aromatic carbocycles. The Morgan fingerprint density at radius 3 is 2.27 bits per heavy atom. The van der Waals surface area contributed by atoms with E-state index in [0.717, 1.165) is 27.9 Å². The first-order valence-electron chi connectivity index (χ1n) is 7.06. The molecule has 1 aromatic heterocycles. The second-order valence-electron chi connectivity index (χ2n) is 5.03. The Balaban J connectivity index is 2.11. The minimum atomic E-state index is 0.857. The highest BCUT2D eigenvalue weighted by Crippen LogP contribution is 2.29. The lowest BCUT2D eigenvalue weighted by atomic mass is 10.1. The molecule has 1 heterocycles. The second-order valence-corrected chi connectivity index (χ2v) is 5.80. The van der Waals surface area contributed by atoms with Gasteiger partial charge in [0.2, 0.25) is 0 Å². The number of benzene rings is 2. The van der Waals surface area contributed by atoms with Crippen molar-refractivity contribution in [2.45, 2.75) is 12.1 Å². The van der Waals surface area contributed by atoms with Gasteiger partial charge in [-0.2, -0.15) is 0 Å². The molecule has 0 saturated heterocycles. The van der Waals surface area contributed by atoms with Crippen molar-refractivity contribution in [1.82, 2.24) is 9.55 Å². The fraction of sp³-hybridized carbons (Fsp3) is 0.167. The summed E-state index contributed by atoms with van der Waals surface area (Å²) in [5.74, 6) is 0.857. The van der Waals surface area contributed by atoms with E-state index in [1.165, 1.54) is 5.56 Å². The van der Waals surface area contributed by atoms with Crippen molar-refractivity contribution in [3.63, 3.8) is 0 Å². The van der Waals surface area contributed by atoms with Crippen LogP contribution in [-0.2, 0) is 0 Å². The van der Waals surface area contributed by atoms with Crippen LogP contribution in [0.1, 0.15) is 5.56 Å². The molecule has 3 rings (SSSR count). The van der Waals surface area contributed by atoms with E-state index in [0.29, 0.717) is 0 Å². The summed E-state index contributed by atoms with van der Waals surface area (Å²) in [4.78, 5) is 4.55. The molecule has 0 fully saturated rings. The number of nitrogens with zero attached hydrogens (tertiary/aromatic N) is 2. The molecule has 0 unspecified atom stereocenters. The van der Waals surface area contributed by atoms with E-state index < -0.39 is 0 Å². The van der Waals surface area contributed by atoms with E-state index in [1.807, 2.05) is 24.6 Å². The number of rotatable bonds is 4. The van der Waals surface area contributed by atoms with E-state index in [2.05, 4.69) is 52.9 Å². The normalized spacial score (nSPS) is 10.7. The van der Waals surface area contributed by atoms with E-state index in [9.17, 15) is 0 Å². The summed E-state index contributed by atoms with van der Waals surface area (Å²) >= 11 is 1.64. The van der Waals surface area contributed by atoms with Crippen LogP contribution in [0.5, 0.6) is 5.75 Å². The molecular weight excluding hydrogens is 292 g/mol. The van der Waals surface area contributed by atoms with Crippen LogP contribution in [0.2, 0.25) is 0 Å². The van der Waals surface area contributed by atoms with Crippen LogP contribution in [-0.4, -0.2) is 22.9 Å². The summed E-state index contributed by atoms with van der Waals surface area (Å²) in [6.07, 6.45) is 3.97. The van der Waals surface area contributed by atoms with Gasteiger partial charge in [0.1, 0.15) is 5.75 Å². The maximum atomic E-state index is 5.23. The first-order chi connectivity index (χ1) is 10.7. The number of aromatic nitrogens is 2. The van der Waals surface area contributed by atoms with Gasteiger partial charge in [0.25, 0.3) is 0 Å². The summed E-state index contributed by atoms with van der Waals surface area (Å²) in [6.45, 7) is 2.09. The van der Waals surface area contributed by atoms with Crippen LogP contribution < -0.4 is 4.74 Å². The van der Waals surface area contributed by atoms with Crippen molar-refractivity contribution in [2.24, 2.45) is 0 Å². The number of hydrogen-bond acceptors (Lipinski definition) is 3. The first kappa shape index (κ1) is 14.7. The molecule has 3 nitrogen and oxygen atoms in total. The summed E-state index contributed by atoms with van der Waals surface area (Å²) < 4.78 is 7.42. The highest BCUT2D eigenvalue weighted by Gasteiger charge is 2.13. The van der Waals surface area contributed by atoms with E-state index in [-0.39, 0.29) is 0 Å². The van der Waals surface area contributed by atoms with E-state index in [4.69, 9.17) is 4.74 Å². The minimum absolute atomic E-state index is 0.857. The van der Waals surface area contributed by atoms with Gasteiger partial charge in [-0.3, -0.25) is 4.57 Å². The van der Waals surface area contributed by atoms with E-state index in [1.54, 1.807) is 18.9 Å². The number of methoxy groups -OCH3 is 1. The van der Waals surface area contributed by atoms with Gasteiger partial charge in [0.05, 0.1) is 19.0 Å². The van der Waals surface area contributed by atoms with Gasteiger partial charge in [-0.25, -0.2) is 4.98 Å². The third-order valence-corrected chi connectivity index (χ3v) is 4.24. The molecule has 0 bridgehead atoms. The van der Waals surface area contributed by atoms with Crippen molar-refractivity contribution >= 4 is 11.8 Å². The lowest BCUT2D eigenvalue weighted by Gasteiger charge is -2.12. The number of ether oxygens (including phenoxy) is 1. The summed E-state index contributed by atoms with van der Waals surface area (Å²) in [5, 5.41) is 0.981. The zero-order chi connectivity index (χ0) is 15.5. The molecule has 0 N–H and O–H groups in total. The van der Waals surface area contributed by atoms with Gasteiger partial charge < -0.3 is 4.74 Å². The van der Waals surface area contributed by atoms with Gasteiger partial charge in [-0.05, 0) is 49.6 Å². The van der Waals surface area contributed by atoms with Gasteiger partial charge in [0.15, 0.2) is 5.16 Å². The molecule has 0 spiro atoms. The number of hydrogen-bond donors (Lipinski definition) is 0. The highest BCUT2D eigenvalue weighted by molar-refractivity contribution is 7.98. The maximum Gasteiger partial charge on any atom is 0.172 e. The zero-order valence-electron chi connectivity index (χ0n) is 12.9. The summed E-state index contributed by atoms with van der Waals surface area (Å²) in [5.41, 5.74) is 4.57. The molecule has 0 radical (unpaired) electrons. The Hall–Kier alpha value is -2.20. The van der Waals surface area contributed by atoms with Crippen LogP contribution in [0, 0.1) is 6.92 Å². The molecule has 0 aliphatic carbocycles. The zero-order valence-corrected chi connectivity index (χ0v) is 13.7. The topological polar surface area (TPSA) is 27.1 Å². The van der Waals surface area contributed by atoms with Gasteiger partial charge >= 0.3 is 0 Å². The van der Waals surface area contributed by atoms with Crippen LogP contribution in [0.15, 0.2) is 59.9 Å². The van der Waals surface area contributed by atoms with Crippen molar-refractivity contribution in [1.29, 1.82) is 0 Å². The first-order valence-corrected chi connectivity index (χ1v) is 8.28. The van der Waals surface area contributed by atoms with Gasteiger partial charge in [0, 0.05) is 11.3 Å². The Labute approximate surface area is 135 Å². The fourth-order valence-electron chi connectivity index (χ4n) is 2.39. The lowest BCUT2D eigenvalue weighted by molar-refractivity contribution is 0.415. The average Bonchev–Trinajstić information content (AvgIpc) is 2.99. The molecule has 3 aromatic rings. The molecule has 0 amide bonds. The van der Waals surface area contributed by atoms with Crippen molar-refractivity contribution < 1.29 is 4.74 Å². The van der Waals surface area contributed by atoms with Crippen LogP contribution in [0.25, 0.3) is 16.9 Å². The largest absolute Gasteiger partial charge is 0.497 e. The number of aryl methyl sites for hydroxylation is 1. The lowest BCUT2D eigenvalue weighted by Crippen LogP contribution is -1.98. The molecule has 0 aliphatic heterocycles.